The lowest BCUT2D eigenvalue weighted by Crippen LogP contribution is -2.39. The number of thioether (sulfide) groups is 1. The van der Waals surface area contributed by atoms with Crippen molar-refractivity contribution in [1.29, 1.82) is 0 Å². The zero-order chi connectivity index (χ0) is 24.4. The summed E-state index contributed by atoms with van der Waals surface area (Å²) in [5.41, 5.74) is 0.629. The van der Waals surface area contributed by atoms with Crippen molar-refractivity contribution >= 4 is 57.7 Å². The first-order valence-corrected chi connectivity index (χ1v) is 12.8. The summed E-state index contributed by atoms with van der Waals surface area (Å²) < 4.78 is 7.16. The van der Waals surface area contributed by atoms with E-state index in [1.807, 2.05) is 24.8 Å². The monoisotopic (exact) mass is 500 g/mol. The van der Waals surface area contributed by atoms with Crippen LogP contribution in [0.15, 0.2) is 34.1 Å². The standard InChI is InChI=1S/C24H28N4O4S2/c1-4-15(3)28-22(30)18(34-24(28)33)14-17-20(25-19-8-6-7-11-27(19)21(17)29)26-12-9-16(10-13-26)23(31)32-5-2/h6-8,11,14-16H,4-5,9-10,12-13H2,1-3H3/b18-14-/t15-/m0/s1. The number of ether oxygens (including phenoxy) is 1. The quantitative estimate of drug-likeness (QED) is 0.339. The molecule has 1 amide bonds. The third-order valence-corrected chi connectivity index (χ3v) is 7.62. The molecule has 0 unspecified atom stereocenters. The number of nitrogens with zero attached hydrogens (tertiary/aromatic N) is 4. The number of anilines is 1. The van der Waals surface area contributed by atoms with E-state index in [4.69, 9.17) is 21.9 Å². The van der Waals surface area contributed by atoms with E-state index in [2.05, 4.69) is 0 Å². The highest BCUT2D eigenvalue weighted by molar-refractivity contribution is 8.26. The van der Waals surface area contributed by atoms with E-state index in [1.165, 1.54) is 16.2 Å². The number of pyridine rings is 1. The molecule has 2 aromatic rings. The summed E-state index contributed by atoms with van der Waals surface area (Å²) in [5, 5.41) is 0. The van der Waals surface area contributed by atoms with Crippen LogP contribution in [0.25, 0.3) is 11.7 Å². The zero-order valence-electron chi connectivity index (χ0n) is 19.5. The molecule has 0 spiro atoms. The van der Waals surface area contributed by atoms with Crippen molar-refractivity contribution in [3.8, 4) is 0 Å². The average Bonchev–Trinajstić information content (AvgIpc) is 3.13. The molecule has 0 saturated carbocycles. The summed E-state index contributed by atoms with van der Waals surface area (Å²) in [6, 6.07) is 5.36. The maximum absolute atomic E-state index is 13.5. The number of hydrogen-bond donors (Lipinski definition) is 0. The number of carbonyl (C=O) groups excluding carboxylic acids is 2. The van der Waals surface area contributed by atoms with Gasteiger partial charge in [-0.05, 0) is 51.3 Å². The third-order valence-electron chi connectivity index (χ3n) is 6.29. The van der Waals surface area contributed by atoms with Crippen LogP contribution in [0.4, 0.5) is 5.82 Å². The van der Waals surface area contributed by atoms with E-state index in [0.29, 0.717) is 58.8 Å². The molecule has 10 heteroatoms. The molecule has 2 aliphatic rings. The molecule has 0 N–H and O–H groups in total. The Bertz CT molecular complexity index is 1220. The van der Waals surface area contributed by atoms with Crippen LogP contribution in [0.2, 0.25) is 0 Å². The van der Waals surface area contributed by atoms with Gasteiger partial charge in [0.05, 0.1) is 23.0 Å². The van der Waals surface area contributed by atoms with Gasteiger partial charge in [-0.3, -0.25) is 23.7 Å². The number of esters is 1. The van der Waals surface area contributed by atoms with Crippen LogP contribution >= 0.6 is 24.0 Å². The second-order valence-electron chi connectivity index (χ2n) is 8.41. The Hall–Kier alpha value is -2.72. The van der Waals surface area contributed by atoms with Crippen LogP contribution in [-0.4, -0.2) is 56.2 Å². The van der Waals surface area contributed by atoms with Gasteiger partial charge in [0.25, 0.3) is 11.5 Å². The van der Waals surface area contributed by atoms with Crippen molar-refractivity contribution in [3.63, 3.8) is 0 Å². The predicted octanol–water partition coefficient (Wildman–Crippen LogP) is 3.47. The molecule has 4 heterocycles. The van der Waals surface area contributed by atoms with Gasteiger partial charge < -0.3 is 9.64 Å². The smallest absolute Gasteiger partial charge is 0.309 e. The van der Waals surface area contributed by atoms with Gasteiger partial charge in [-0.1, -0.05) is 37.0 Å². The van der Waals surface area contributed by atoms with Crippen LogP contribution < -0.4 is 10.5 Å². The van der Waals surface area contributed by atoms with Gasteiger partial charge in [0.15, 0.2) is 0 Å². The Morgan fingerprint density at radius 2 is 2.03 bits per heavy atom. The van der Waals surface area contributed by atoms with Gasteiger partial charge in [-0.15, -0.1) is 0 Å². The molecule has 180 valence electrons. The Balaban J connectivity index is 1.73. The van der Waals surface area contributed by atoms with E-state index in [1.54, 1.807) is 36.2 Å². The molecule has 2 aromatic heterocycles. The van der Waals surface area contributed by atoms with Gasteiger partial charge in [0.1, 0.15) is 15.8 Å². The Kier molecular flexibility index (Phi) is 7.37. The van der Waals surface area contributed by atoms with Crippen molar-refractivity contribution < 1.29 is 14.3 Å². The van der Waals surface area contributed by atoms with Crippen molar-refractivity contribution in [2.75, 3.05) is 24.6 Å². The number of carbonyl (C=O) groups is 2. The first-order chi connectivity index (χ1) is 16.3. The summed E-state index contributed by atoms with van der Waals surface area (Å²) >= 11 is 6.67. The molecular weight excluding hydrogens is 472 g/mol. The second-order valence-corrected chi connectivity index (χ2v) is 10.1. The number of aromatic nitrogens is 2. The molecular formula is C24H28N4O4S2. The second kappa shape index (κ2) is 10.3. The number of piperidine rings is 1. The largest absolute Gasteiger partial charge is 0.466 e. The summed E-state index contributed by atoms with van der Waals surface area (Å²) in [4.78, 5) is 47.6. The van der Waals surface area contributed by atoms with Crippen molar-refractivity contribution in [3.05, 3.63) is 45.2 Å². The lowest BCUT2D eigenvalue weighted by Gasteiger charge is -2.32. The minimum Gasteiger partial charge on any atom is -0.466 e. The van der Waals surface area contributed by atoms with Crippen LogP contribution in [0.5, 0.6) is 0 Å². The third kappa shape index (κ3) is 4.61. The molecule has 1 atom stereocenters. The highest BCUT2D eigenvalue weighted by Crippen LogP contribution is 2.35. The van der Waals surface area contributed by atoms with Gasteiger partial charge in [0.2, 0.25) is 0 Å². The fourth-order valence-corrected chi connectivity index (χ4v) is 5.66. The normalized spacial score (nSPS) is 19.3. The number of rotatable bonds is 6. The van der Waals surface area contributed by atoms with Crippen LogP contribution in [0.1, 0.15) is 45.6 Å². The molecule has 34 heavy (non-hydrogen) atoms. The van der Waals surface area contributed by atoms with Gasteiger partial charge in [0, 0.05) is 25.3 Å². The Labute approximate surface area is 208 Å². The molecule has 0 bridgehead atoms. The van der Waals surface area contributed by atoms with E-state index in [-0.39, 0.29) is 29.4 Å². The summed E-state index contributed by atoms with van der Waals surface area (Å²) in [5.74, 6) is -0.00295. The maximum atomic E-state index is 13.5. The number of fused-ring (bicyclic) bond motifs is 1. The van der Waals surface area contributed by atoms with E-state index in [0.717, 1.165) is 6.42 Å². The van der Waals surface area contributed by atoms with Crippen molar-refractivity contribution in [2.45, 2.75) is 46.1 Å². The first kappa shape index (κ1) is 24.4. The van der Waals surface area contributed by atoms with Gasteiger partial charge >= 0.3 is 5.97 Å². The molecule has 2 fully saturated rings. The van der Waals surface area contributed by atoms with Crippen molar-refractivity contribution in [1.82, 2.24) is 14.3 Å². The highest BCUT2D eigenvalue weighted by Gasteiger charge is 2.36. The number of amides is 1. The minimum atomic E-state index is -0.248. The minimum absolute atomic E-state index is 0.0180. The SMILES string of the molecule is CCOC(=O)C1CCN(c2nc3ccccn3c(=O)c2/C=C2\SC(=S)N([C@@H](C)CC)C2=O)CC1. The lowest BCUT2D eigenvalue weighted by atomic mass is 9.96. The predicted molar refractivity (Wildman–Crippen MR) is 138 cm³/mol. The number of hydrogen-bond acceptors (Lipinski definition) is 8. The van der Waals surface area contributed by atoms with Crippen molar-refractivity contribution in [2.24, 2.45) is 5.92 Å². The van der Waals surface area contributed by atoms with Gasteiger partial charge in [-0.25, -0.2) is 4.98 Å². The van der Waals surface area contributed by atoms with Gasteiger partial charge in [-0.2, -0.15) is 0 Å². The summed E-state index contributed by atoms with van der Waals surface area (Å²) in [6.45, 7) is 7.25. The number of thiocarbonyl (C=S) groups is 1. The topological polar surface area (TPSA) is 84.2 Å². The molecule has 0 aromatic carbocycles. The van der Waals surface area contributed by atoms with E-state index in [9.17, 15) is 14.4 Å². The van der Waals surface area contributed by atoms with Crippen LogP contribution in [0.3, 0.4) is 0 Å². The molecule has 2 saturated heterocycles. The average molecular weight is 501 g/mol. The summed E-state index contributed by atoms with van der Waals surface area (Å²) in [7, 11) is 0. The first-order valence-electron chi connectivity index (χ1n) is 11.6. The summed E-state index contributed by atoms with van der Waals surface area (Å²) in [6.07, 6.45) is 5.31. The zero-order valence-corrected chi connectivity index (χ0v) is 21.2. The van der Waals surface area contributed by atoms with Crippen LogP contribution in [0, 0.1) is 5.92 Å². The molecule has 4 rings (SSSR count). The Morgan fingerprint density at radius 1 is 1.29 bits per heavy atom. The van der Waals surface area contributed by atoms with Crippen LogP contribution in [-0.2, 0) is 14.3 Å². The maximum Gasteiger partial charge on any atom is 0.309 e. The molecule has 0 aliphatic carbocycles. The highest BCUT2D eigenvalue weighted by atomic mass is 32.2. The van der Waals surface area contributed by atoms with E-state index >= 15 is 0 Å². The van der Waals surface area contributed by atoms with E-state index < -0.39 is 0 Å². The fourth-order valence-electron chi connectivity index (χ4n) is 4.22. The molecule has 8 nitrogen and oxygen atoms in total. The fraction of sp³-hybridized carbons (Fsp3) is 0.458. The lowest BCUT2D eigenvalue weighted by molar-refractivity contribution is -0.148. The Morgan fingerprint density at radius 3 is 2.71 bits per heavy atom. The molecule has 0 radical (unpaired) electrons. The molecule has 2 aliphatic heterocycles.